The molecule has 8 heteroatoms. The fourth-order valence-electron chi connectivity index (χ4n) is 3.45. The van der Waals surface area contributed by atoms with E-state index >= 15 is 0 Å². The fraction of sp³-hybridized carbons (Fsp3) is 0.412. The van der Waals surface area contributed by atoms with Gasteiger partial charge in [-0.3, -0.25) is 20.4 Å². The van der Waals surface area contributed by atoms with Gasteiger partial charge in [-0.25, -0.2) is 0 Å². The fourth-order valence-corrected chi connectivity index (χ4v) is 7.01. The molecule has 25 heavy (non-hydrogen) atoms. The highest BCUT2D eigenvalue weighted by molar-refractivity contribution is 8.20. The van der Waals surface area contributed by atoms with Crippen LogP contribution >= 0.6 is 23.5 Å². The lowest BCUT2D eigenvalue weighted by Crippen LogP contribution is -2.41. The van der Waals surface area contributed by atoms with E-state index in [1.165, 1.54) is 17.9 Å². The topological polar surface area (TPSA) is 84.5 Å². The van der Waals surface area contributed by atoms with Crippen LogP contribution in [-0.2, 0) is 10.5 Å². The first-order chi connectivity index (χ1) is 12.1. The molecule has 0 saturated carbocycles. The van der Waals surface area contributed by atoms with Gasteiger partial charge in [0.15, 0.2) is 11.5 Å². The smallest absolute Gasteiger partial charge is 0.305 e. The standard InChI is InChI=1S/C17H18N2O4S2/c1-10-13-11(4-2-6-17(13)24-8-9-25-17)23-14(10)16(21)19-18-15(20)12-5-3-7-22-12/h3,5,7H,2,4,6,8-9H2,1H3,(H,18,20)(H,19,21). The zero-order valence-electron chi connectivity index (χ0n) is 13.7. The molecule has 0 aromatic carbocycles. The van der Waals surface area contributed by atoms with Crippen molar-refractivity contribution in [2.75, 3.05) is 11.5 Å². The Kier molecular flexibility index (Phi) is 4.33. The van der Waals surface area contributed by atoms with E-state index in [0.717, 1.165) is 42.1 Å². The van der Waals surface area contributed by atoms with E-state index in [0.29, 0.717) is 0 Å². The van der Waals surface area contributed by atoms with Crippen LogP contribution in [0.25, 0.3) is 0 Å². The zero-order chi connectivity index (χ0) is 17.4. The van der Waals surface area contributed by atoms with Gasteiger partial charge in [-0.05, 0) is 31.9 Å². The summed E-state index contributed by atoms with van der Waals surface area (Å²) in [6.07, 6.45) is 4.42. The normalized spacial score (nSPS) is 18.1. The molecule has 2 amide bonds. The quantitative estimate of drug-likeness (QED) is 0.781. The van der Waals surface area contributed by atoms with Crippen LogP contribution in [0.3, 0.4) is 0 Å². The van der Waals surface area contributed by atoms with Crippen LogP contribution in [0.2, 0.25) is 0 Å². The van der Waals surface area contributed by atoms with Crippen LogP contribution in [0.1, 0.15) is 50.8 Å². The van der Waals surface area contributed by atoms with Gasteiger partial charge in [0, 0.05) is 29.1 Å². The number of nitrogens with one attached hydrogen (secondary N) is 2. The summed E-state index contributed by atoms with van der Waals surface area (Å²) < 4.78 is 10.9. The average Bonchev–Trinajstić information content (AvgIpc) is 3.34. The number of hydrogen-bond donors (Lipinski definition) is 2. The predicted molar refractivity (Wildman–Crippen MR) is 96.6 cm³/mol. The molecular weight excluding hydrogens is 360 g/mol. The number of aryl methyl sites for hydroxylation is 1. The molecule has 0 unspecified atom stereocenters. The highest BCUT2D eigenvalue weighted by atomic mass is 32.2. The van der Waals surface area contributed by atoms with Gasteiger partial charge in [0.2, 0.25) is 0 Å². The van der Waals surface area contributed by atoms with E-state index in [-0.39, 0.29) is 15.6 Å². The second kappa shape index (κ2) is 6.49. The van der Waals surface area contributed by atoms with Crippen LogP contribution in [0, 0.1) is 6.92 Å². The molecule has 1 saturated heterocycles. The molecule has 0 radical (unpaired) electrons. The van der Waals surface area contributed by atoms with Crippen molar-refractivity contribution in [1.82, 2.24) is 10.9 Å². The Labute approximate surface area is 153 Å². The molecule has 0 atom stereocenters. The Morgan fingerprint density at radius 1 is 1.20 bits per heavy atom. The first-order valence-corrected chi connectivity index (χ1v) is 10.1. The first-order valence-electron chi connectivity index (χ1n) is 8.15. The Balaban J connectivity index is 1.54. The second-order valence-electron chi connectivity index (χ2n) is 6.04. The third-order valence-electron chi connectivity index (χ3n) is 4.50. The summed E-state index contributed by atoms with van der Waals surface area (Å²) >= 11 is 3.91. The molecule has 1 aliphatic heterocycles. The van der Waals surface area contributed by atoms with Gasteiger partial charge >= 0.3 is 11.8 Å². The van der Waals surface area contributed by atoms with Crippen LogP contribution in [0.5, 0.6) is 0 Å². The molecule has 2 aliphatic rings. The average molecular weight is 378 g/mol. The highest BCUT2D eigenvalue weighted by Gasteiger charge is 2.45. The van der Waals surface area contributed by atoms with Crippen molar-refractivity contribution >= 4 is 35.3 Å². The number of rotatable bonds is 2. The van der Waals surface area contributed by atoms with Gasteiger partial charge in [0.1, 0.15) is 5.76 Å². The molecule has 1 aliphatic carbocycles. The third-order valence-corrected chi connectivity index (χ3v) is 8.04. The maximum absolute atomic E-state index is 12.5. The molecule has 4 rings (SSSR count). The molecule has 3 heterocycles. The summed E-state index contributed by atoms with van der Waals surface area (Å²) in [4.78, 5) is 24.4. The maximum Gasteiger partial charge on any atom is 0.305 e. The number of carbonyl (C=O) groups excluding carboxylic acids is 2. The molecule has 132 valence electrons. The minimum atomic E-state index is -0.509. The molecule has 0 bridgehead atoms. The SMILES string of the molecule is Cc1c(C(=O)NNC(=O)c2ccco2)oc2c1C1(CCC2)SCCS1. The first kappa shape index (κ1) is 16.7. The Hall–Kier alpha value is -1.80. The van der Waals surface area contributed by atoms with Crippen molar-refractivity contribution in [3.05, 3.63) is 46.8 Å². The van der Waals surface area contributed by atoms with E-state index in [2.05, 4.69) is 10.9 Å². The van der Waals surface area contributed by atoms with Crippen molar-refractivity contribution in [2.45, 2.75) is 30.3 Å². The summed E-state index contributed by atoms with van der Waals surface area (Å²) in [7, 11) is 0. The van der Waals surface area contributed by atoms with Crippen LogP contribution in [0.4, 0.5) is 0 Å². The van der Waals surface area contributed by atoms with Gasteiger partial charge in [-0.2, -0.15) is 0 Å². The highest BCUT2D eigenvalue weighted by Crippen LogP contribution is 2.59. The van der Waals surface area contributed by atoms with Gasteiger partial charge in [-0.15, -0.1) is 23.5 Å². The van der Waals surface area contributed by atoms with Gasteiger partial charge < -0.3 is 8.83 Å². The van der Waals surface area contributed by atoms with Crippen LogP contribution in [0.15, 0.2) is 27.2 Å². The number of hydrazine groups is 1. The lowest BCUT2D eigenvalue weighted by Gasteiger charge is -2.31. The van der Waals surface area contributed by atoms with E-state index < -0.39 is 11.8 Å². The van der Waals surface area contributed by atoms with Crippen molar-refractivity contribution in [3.63, 3.8) is 0 Å². The monoisotopic (exact) mass is 378 g/mol. The van der Waals surface area contributed by atoms with Gasteiger partial charge in [-0.1, -0.05) is 0 Å². The van der Waals surface area contributed by atoms with Crippen LogP contribution < -0.4 is 10.9 Å². The lowest BCUT2D eigenvalue weighted by molar-refractivity contribution is 0.0815. The van der Waals surface area contributed by atoms with Crippen molar-refractivity contribution in [2.24, 2.45) is 0 Å². The maximum atomic E-state index is 12.5. The third kappa shape index (κ3) is 2.87. The molecule has 2 aromatic rings. The van der Waals surface area contributed by atoms with Crippen molar-refractivity contribution in [1.29, 1.82) is 0 Å². The Bertz CT molecular complexity index is 807. The minimum absolute atomic E-state index is 0.0249. The van der Waals surface area contributed by atoms with Crippen molar-refractivity contribution < 1.29 is 18.4 Å². The Morgan fingerprint density at radius 3 is 2.68 bits per heavy atom. The number of fused-ring (bicyclic) bond motifs is 2. The molecule has 6 nitrogen and oxygen atoms in total. The number of carbonyl (C=O) groups is 2. The Morgan fingerprint density at radius 2 is 1.96 bits per heavy atom. The summed E-state index contributed by atoms with van der Waals surface area (Å²) in [6, 6.07) is 3.13. The number of thioether (sulfide) groups is 2. The minimum Gasteiger partial charge on any atom is -0.459 e. The predicted octanol–water partition coefficient (Wildman–Crippen LogP) is 3.22. The van der Waals surface area contributed by atoms with E-state index in [4.69, 9.17) is 8.83 Å². The zero-order valence-corrected chi connectivity index (χ0v) is 15.4. The van der Waals surface area contributed by atoms with Gasteiger partial charge in [0.05, 0.1) is 10.3 Å². The van der Waals surface area contributed by atoms with E-state index in [9.17, 15) is 9.59 Å². The summed E-state index contributed by atoms with van der Waals surface area (Å²) in [5.74, 6) is 2.60. The molecule has 1 spiro atoms. The number of amides is 2. The largest absolute Gasteiger partial charge is 0.459 e. The summed E-state index contributed by atoms with van der Waals surface area (Å²) in [5.41, 5.74) is 6.81. The summed E-state index contributed by atoms with van der Waals surface area (Å²) in [6.45, 7) is 1.93. The molecule has 2 N–H and O–H groups in total. The van der Waals surface area contributed by atoms with E-state index in [1.807, 2.05) is 30.4 Å². The van der Waals surface area contributed by atoms with E-state index in [1.54, 1.807) is 6.07 Å². The second-order valence-corrected chi connectivity index (χ2v) is 9.09. The molecular formula is C17H18N2O4S2. The van der Waals surface area contributed by atoms with Gasteiger partial charge in [0.25, 0.3) is 0 Å². The molecule has 2 aromatic heterocycles. The number of hydrogen-bond acceptors (Lipinski definition) is 6. The van der Waals surface area contributed by atoms with Crippen LogP contribution in [-0.4, -0.2) is 23.3 Å². The van der Waals surface area contributed by atoms with Crippen molar-refractivity contribution in [3.8, 4) is 0 Å². The number of furan rings is 2. The lowest BCUT2D eigenvalue weighted by atomic mass is 9.94. The summed E-state index contributed by atoms with van der Waals surface area (Å²) in [5, 5.41) is 0. The molecule has 1 fully saturated rings.